The third kappa shape index (κ3) is 4.94. The smallest absolute Gasteiger partial charge is 0.508 e. The summed E-state index contributed by atoms with van der Waals surface area (Å²) in [5, 5.41) is 12.3. The molecule has 0 radical (unpaired) electrons. The number of hydrogen-bond acceptors (Lipinski definition) is 6. The summed E-state index contributed by atoms with van der Waals surface area (Å²) in [5.41, 5.74) is 2.03. The Labute approximate surface area is 248 Å². The van der Waals surface area contributed by atoms with E-state index in [4.69, 9.17) is 27.9 Å². The number of amides is 2. The van der Waals surface area contributed by atoms with E-state index in [0.717, 1.165) is 23.2 Å². The van der Waals surface area contributed by atoms with Crippen molar-refractivity contribution in [1.29, 1.82) is 0 Å². The normalized spacial score (nSPS) is 22.0. The molecule has 1 heterocycles. The second kappa shape index (κ2) is 10.9. The predicted octanol–water partition coefficient (Wildman–Crippen LogP) is 7.16. The van der Waals surface area contributed by atoms with Crippen LogP contribution in [0, 0.1) is 5.92 Å². The first kappa shape index (κ1) is 29.3. The molecule has 2 aliphatic rings. The van der Waals surface area contributed by atoms with E-state index in [1.54, 1.807) is 30.3 Å². The molecule has 1 fully saturated rings. The van der Waals surface area contributed by atoms with Crippen molar-refractivity contribution < 1.29 is 37.3 Å². The van der Waals surface area contributed by atoms with Gasteiger partial charge in [-0.15, -0.1) is 13.2 Å². The van der Waals surface area contributed by atoms with Crippen molar-refractivity contribution in [1.82, 2.24) is 5.01 Å². The van der Waals surface area contributed by atoms with Gasteiger partial charge in [0.2, 0.25) is 0 Å². The fourth-order valence-corrected chi connectivity index (χ4v) is 6.23. The summed E-state index contributed by atoms with van der Waals surface area (Å²) in [6, 6.07) is 13.9. The second-order valence-corrected chi connectivity index (χ2v) is 10.6. The van der Waals surface area contributed by atoms with Crippen molar-refractivity contribution in [2.75, 3.05) is 12.5 Å². The lowest BCUT2D eigenvalue weighted by Gasteiger charge is -2.43. The van der Waals surface area contributed by atoms with E-state index < -0.39 is 46.9 Å². The molecule has 3 atom stereocenters. The third-order valence-corrected chi connectivity index (χ3v) is 8.06. The van der Waals surface area contributed by atoms with Gasteiger partial charge < -0.3 is 14.6 Å². The van der Waals surface area contributed by atoms with Gasteiger partial charge in [0, 0.05) is 16.5 Å². The lowest BCUT2D eigenvalue weighted by atomic mass is 9.56. The molecule has 0 saturated carbocycles. The minimum atomic E-state index is -5.01. The summed E-state index contributed by atoms with van der Waals surface area (Å²) in [7, 11) is 1.47. The maximum atomic E-state index is 14.7. The number of fused-ring (bicyclic) bond motifs is 1. The average Bonchev–Trinajstić information content (AvgIpc) is 3.16. The molecule has 3 aromatic rings. The van der Waals surface area contributed by atoms with E-state index in [9.17, 15) is 27.9 Å². The van der Waals surface area contributed by atoms with Crippen LogP contribution >= 0.6 is 23.2 Å². The van der Waals surface area contributed by atoms with Gasteiger partial charge in [0.15, 0.2) is 0 Å². The number of phenols is 1. The number of hydrazine groups is 1. The molecule has 7 nitrogen and oxygen atoms in total. The SMILES string of the molecule is C=CC1=CCC2C(=O)N(Nc3ccc(Cl)cc3Cl)C(=O)C2(c2ccc(OC)cc2)C1c1cc(OC(F)(F)F)ccc1O. The van der Waals surface area contributed by atoms with Crippen LogP contribution in [0.3, 0.4) is 0 Å². The number of phenolic OH excluding ortho intramolecular Hbond substituents is 1. The molecule has 0 spiro atoms. The van der Waals surface area contributed by atoms with Gasteiger partial charge in [0.25, 0.3) is 11.8 Å². The number of rotatable bonds is 7. The minimum Gasteiger partial charge on any atom is -0.508 e. The van der Waals surface area contributed by atoms with Crippen LogP contribution in [0.5, 0.6) is 17.2 Å². The highest BCUT2D eigenvalue weighted by Crippen LogP contribution is 2.59. The number of carbonyl (C=O) groups excluding carboxylic acids is 2. The highest BCUT2D eigenvalue weighted by molar-refractivity contribution is 6.36. The van der Waals surface area contributed by atoms with E-state index in [-0.39, 0.29) is 22.7 Å². The van der Waals surface area contributed by atoms with Crippen molar-refractivity contribution >= 4 is 40.7 Å². The number of nitrogens with zero attached hydrogens (tertiary/aromatic N) is 1. The average molecular weight is 619 g/mol. The number of methoxy groups -OCH3 is 1. The molecule has 1 saturated heterocycles. The molecule has 1 aliphatic carbocycles. The Balaban J connectivity index is 1.75. The monoisotopic (exact) mass is 618 g/mol. The number of aromatic hydroxyl groups is 1. The Morgan fingerprint density at radius 3 is 2.38 bits per heavy atom. The Bertz CT molecular complexity index is 1610. The summed E-state index contributed by atoms with van der Waals surface area (Å²) >= 11 is 12.3. The van der Waals surface area contributed by atoms with Crippen LogP contribution in [-0.4, -0.2) is 35.4 Å². The van der Waals surface area contributed by atoms with Crippen LogP contribution in [-0.2, 0) is 15.0 Å². The second-order valence-electron chi connectivity index (χ2n) is 9.71. The fraction of sp³-hybridized carbons (Fsp3) is 0.200. The number of nitrogens with one attached hydrogen (secondary N) is 1. The Morgan fingerprint density at radius 2 is 1.76 bits per heavy atom. The fourth-order valence-electron chi connectivity index (χ4n) is 5.78. The maximum Gasteiger partial charge on any atom is 0.573 e. The Kier molecular flexibility index (Phi) is 7.63. The van der Waals surface area contributed by atoms with Gasteiger partial charge in [-0.3, -0.25) is 15.0 Å². The molecule has 2 N–H and O–H groups in total. The van der Waals surface area contributed by atoms with E-state index in [1.165, 1.54) is 31.4 Å². The molecule has 3 unspecified atom stereocenters. The number of carbonyl (C=O) groups is 2. The first-order valence-electron chi connectivity index (χ1n) is 12.6. The lowest BCUT2D eigenvalue weighted by molar-refractivity contribution is -0.274. The van der Waals surface area contributed by atoms with Crippen LogP contribution < -0.4 is 14.9 Å². The number of halogens is 5. The van der Waals surface area contributed by atoms with E-state index in [1.807, 2.05) is 0 Å². The van der Waals surface area contributed by atoms with E-state index >= 15 is 0 Å². The summed E-state index contributed by atoms with van der Waals surface area (Å²) in [4.78, 5) is 28.7. The largest absolute Gasteiger partial charge is 0.573 e. The van der Waals surface area contributed by atoms with Gasteiger partial charge in [0.1, 0.15) is 17.2 Å². The standard InChI is InChI=1S/C30H23Cl2F3N2O5/c1-3-16-4-11-22-27(39)37(36-24-12-7-18(31)14-23(24)32)28(40)29(22,17-5-8-19(41-2)9-6-17)26(16)21-15-20(10-13-25(21)38)42-30(33,34)35/h3-10,12-15,22,26,36,38H,1,11H2,2H3. The molecule has 0 bridgehead atoms. The molecule has 12 heteroatoms. The van der Waals surface area contributed by atoms with Gasteiger partial charge in [0.05, 0.1) is 29.2 Å². The van der Waals surface area contributed by atoms with Crippen LogP contribution in [0.4, 0.5) is 18.9 Å². The topological polar surface area (TPSA) is 88.1 Å². The number of anilines is 1. The highest BCUT2D eigenvalue weighted by Gasteiger charge is 2.66. The highest BCUT2D eigenvalue weighted by atomic mass is 35.5. The quantitative estimate of drug-likeness (QED) is 0.273. The lowest BCUT2D eigenvalue weighted by Crippen LogP contribution is -2.48. The number of alkyl halides is 3. The molecule has 218 valence electrons. The zero-order chi connectivity index (χ0) is 30.4. The molecule has 42 heavy (non-hydrogen) atoms. The van der Waals surface area contributed by atoms with Crippen molar-refractivity contribution in [2.24, 2.45) is 5.92 Å². The van der Waals surface area contributed by atoms with Gasteiger partial charge in [-0.2, -0.15) is 5.01 Å². The van der Waals surface area contributed by atoms with Gasteiger partial charge in [-0.1, -0.05) is 54.1 Å². The molecule has 5 rings (SSSR count). The Morgan fingerprint density at radius 1 is 1.07 bits per heavy atom. The van der Waals surface area contributed by atoms with Crippen molar-refractivity contribution in [3.63, 3.8) is 0 Å². The van der Waals surface area contributed by atoms with Crippen LogP contribution in [0.1, 0.15) is 23.5 Å². The number of ether oxygens (including phenoxy) is 2. The van der Waals surface area contributed by atoms with E-state index in [2.05, 4.69) is 16.7 Å². The number of imide groups is 1. The third-order valence-electron chi connectivity index (χ3n) is 7.51. The molecule has 0 aromatic heterocycles. The predicted molar refractivity (Wildman–Crippen MR) is 151 cm³/mol. The van der Waals surface area contributed by atoms with Crippen LogP contribution in [0.25, 0.3) is 0 Å². The number of benzene rings is 3. The summed E-state index contributed by atoms with van der Waals surface area (Å²) in [6.07, 6.45) is -1.77. The van der Waals surface area contributed by atoms with Gasteiger partial charge >= 0.3 is 6.36 Å². The van der Waals surface area contributed by atoms with Gasteiger partial charge in [-0.05, 0) is 66.1 Å². The number of allylic oxidation sites excluding steroid dienone is 3. The zero-order valence-corrected chi connectivity index (χ0v) is 23.4. The molecular weight excluding hydrogens is 596 g/mol. The molecule has 1 aliphatic heterocycles. The van der Waals surface area contributed by atoms with Crippen molar-refractivity contribution in [2.45, 2.75) is 24.1 Å². The van der Waals surface area contributed by atoms with Crippen LogP contribution in [0.2, 0.25) is 10.0 Å². The number of hydrogen-bond donors (Lipinski definition) is 2. The molecule has 2 amide bonds. The molecule has 3 aromatic carbocycles. The molecular formula is C30H23Cl2F3N2O5. The minimum absolute atomic E-state index is 0.0593. The summed E-state index contributed by atoms with van der Waals surface area (Å²) in [5.74, 6) is -4.03. The summed E-state index contributed by atoms with van der Waals surface area (Å²) in [6.45, 7) is 3.85. The zero-order valence-electron chi connectivity index (χ0n) is 21.9. The van der Waals surface area contributed by atoms with Crippen molar-refractivity contribution in [3.8, 4) is 17.2 Å². The van der Waals surface area contributed by atoms with Gasteiger partial charge in [-0.25, -0.2) is 0 Å². The maximum absolute atomic E-state index is 14.7. The first-order chi connectivity index (χ1) is 19.9. The Hall–Kier alpha value is -4.15. The van der Waals surface area contributed by atoms with Crippen LogP contribution in [0.15, 0.2) is 85.0 Å². The summed E-state index contributed by atoms with van der Waals surface area (Å²) < 4.78 is 48.9. The van der Waals surface area contributed by atoms with Crippen molar-refractivity contribution in [3.05, 3.63) is 106 Å². The first-order valence-corrected chi connectivity index (χ1v) is 13.3. The van der Waals surface area contributed by atoms with E-state index in [0.29, 0.717) is 21.9 Å².